The van der Waals surface area contributed by atoms with Crippen LogP contribution in [0.5, 0.6) is 0 Å². The van der Waals surface area contributed by atoms with Gasteiger partial charge >= 0.3 is 0 Å². The molecule has 1 aliphatic rings. The Labute approximate surface area is 127 Å². The number of nitrogen functional groups attached to an aromatic ring is 1. The molecule has 0 unspecified atom stereocenters. The van der Waals surface area contributed by atoms with E-state index in [1.165, 1.54) is 16.2 Å². The van der Waals surface area contributed by atoms with Crippen molar-refractivity contribution >= 4 is 34.1 Å². The number of thiazole rings is 1. The summed E-state index contributed by atoms with van der Waals surface area (Å²) in [5.74, 6) is -0.229. The van der Waals surface area contributed by atoms with Gasteiger partial charge in [0, 0.05) is 19.1 Å². The number of anilines is 2. The number of aromatic nitrogens is 1. The maximum Gasteiger partial charge on any atom is 0.268 e. The Kier molecular flexibility index (Phi) is 4.66. The van der Waals surface area contributed by atoms with Gasteiger partial charge in [0.25, 0.3) is 5.91 Å². The third-order valence-corrected chi connectivity index (χ3v) is 3.92. The molecule has 1 aromatic heterocycles. The molecule has 0 saturated heterocycles. The van der Waals surface area contributed by atoms with Gasteiger partial charge in [-0.3, -0.25) is 9.59 Å². The van der Waals surface area contributed by atoms with Crippen molar-refractivity contribution in [1.82, 2.24) is 15.2 Å². The van der Waals surface area contributed by atoms with E-state index in [0.717, 1.165) is 12.8 Å². The van der Waals surface area contributed by atoms with Gasteiger partial charge in [0.15, 0.2) is 5.13 Å². The number of hydrogen-bond acceptors (Lipinski definition) is 6. The van der Waals surface area contributed by atoms with E-state index in [9.17, 15) is 9.59 Å². The number of rotatable bonds is 6. The summed E-state index contributed by atoms with van der Waals surface area (Å²) in [6, 6.07) is 0.497. The first-order chi connectivity index (χ1) is 9.86. The van der Waals surface area contributed by atoms with E-state index in [4.69, 9.17) is 5.73 Å². The third-order valence-electron chi connectivity index (χ3n) is 2.93. The van der Waals surface area contributed by atoms with Crippen LogP contribution >= 0.6 is 11.3 Å². The Balaban J connectivity index is 1.97. The standard InChI is InChI=1S/C13H21N5O2S/c1-7(2)15-13-17-11(14)10(21-13)12(20)18(3)6-9(19)16-8-4-5-8/h7-8H,4-6,14H2,1-3H3,(H,15,17)(H,16,19). The third kappa shape index (κ3) is 4.32. The average molecular weight is 311 g/mol. The number of carbonyl (C=O) groups excluding carboxylic acids is 2. The molecule has 1 heterocycles. The van der Waals surface area contributed by atoms with Crippen LogP contribution in [0.2, 0.25) is 0 Å². The number of hydrogen-bond donors (Lipinski definition) is 3. The maximum absolute atomic E-state index is 12.3. The van der Waals surface area contributed by atoms with Crippen LogP contribution in [-0.4, -0.2) is 47.4 Å². The first-order valence-electron chi connectivity index (χ1n) is 6.94. The van der Waals surface area contributed by atoms with E-state index < -0.39 is 0 Å². The summed E-state index contributed by atoms with van der Waals surface area (Å²) >= 11 is 1.21. The van der Waals surface area contributed by atoms with E-state index in [0.29, 0.717) is 10.0 Å². The quantitative estimate of drug-likeness (QED) is 0.724. The molecule has 21 heavy (non-hydrogen) atoms. The van der Waals surface area contributed by atoms with Crippen molar-refractivity contribution in [1.29, 1.82) is 0 Å². The second-order valence-corrected chi connectivity index (χ2v) is 6.53. The molecule has 4 N–H and O–H groups in total. The smallest absolute Gasteiger partial charge is 0.268 e. The first-order valence-corrected chi connectivity index (χ1v) is 7.76. The van der Waals surface area contributed by atoms with Crippen molar-refractivity contribution in [3.8, 4) is 0 Å². The molecule has 2 amide bonds. The zero-order valence-electron chi connectivity index (χ0n) is 12.5. The van der Waals surface area contributed by atoms with Gasteiger partial charge in [-0.15, -0.1) is 0 Å². The molecule has 1 aromatic rings. The molecular weight excluding hydrogens is 290 g/mol. The summed E-state index contributed by atoms with van der Waals surface area (Å²) in [4.78, 5) is 29.9. The lowest BCUT2D eigenvalue weighted by Gasteiger charge is -2.15. The number of likely N-dealkylation sites (N-methyl/N-ethyl adjacent to an activating group) is 1. The van der Waals surface area contributed by atoms with Crippen LogP contribution in [0, 0.1) is 0 Å². The minimum atomic E-state index is -0.284. The van der Waals surface area contributed by atoms with Crippen LogP contribution < -0.4 is 16.4 Å². The maximum atomic E-state index is 12.3. The fraction of sp³-hybridized carbons (Fsp3) is 0.615. The largest absolute Gasteiger partial charge is 0.382 e. The SMILES string of the molecule is CC(C)Nc1nc(N)c(C(=O)N(C)CC(=O)NC2CC2)s1. The van der Waals surface area contributed by atoms with Crippen LogP contribution in [-0.2, 0) is 4.79 Å². The number of nitrogens with zero attached hydrogens (tertiary/aromatic N) is 2. The van der Waals surface area contributed by atoms with Gasteiger partial charge < -0.3 is 21.3 Å². The van der Waals surface area contributed by atoms with Gasteiger partial charge in [-0.05, 0) is 26.7 Å². The molecule has 1 aliphatic carbocycles. The molecule has 0 aliphatic heterocycles. The van der Waals surface area contributed by atoms with Crippen LogP contribution in [0.3, 0.4) is 0 Å². The predicted octanol–water partition coefficient (Wildman–Crippen LogP) is 0.896. The molecule has 0 bridgehead atoms. The predicted molar refractivity (Wildman–Crippen MR) is 83.4 cm³/mol. The van der Waals surface area contributed by atoms with Crippen LogP contribution in [0.15, 0.2) is 0 Å². The highest BCUT2D eigenvalue weighted by Gasteiger charge is 2.26. The summed E-state index contributed by atoms with van der Waals surface area (Å²) in [6.45, 7) is 3.99. The lowest BCUT2D eigenvalue weighted by atomic mass is 10.4. The minimum Gasteiger partial charge on any atom is -0.382 e. The lowest BCUT2D eigenvalue weighted by molar-refractivity contribution is -0.121. The van der Waals surface area contributed by atoms with Crippen molar-refractivity contribution in [3.63, 3.8) is 0 Å². The molecule has 0 atom stereocenters. The van der Waals surface area contributed by atoms with Crippen molar-refractivity contribution in [2.75, 3.05) is 24.6 Å². The van der Waals surface area contributed by atoms with Crippen molar-refractivity contribution < 1.29 is 9.59 Å². The van der Waals surface area contributed by atoms with Gasteiger partial charge in [-0.1, -0.05) is 11.3 Å². The van der Waals surface area contributed by atoms with Gasteiger partial charge in [0.1, 0.15) is 10.7 Å². The van der Waals surface area contributed by atoms with Crippen LogP contribution in [0.1, 0.15) is 36.4 Å². The molecule has 0 radical (unpaired) electrons. The van der Waals surface area contributed by atoms with Crippen LogP contribution in [0.25, 0.3) is 0 Å². The van der Waals surface area contributed by atoms with E-state index in [1.807, 2.05) is 13.8 Å². The summed E-state index contributed by atoms with van der Waals surface area (Å²) in [6.07, 6.45) is 2.05. The molecule has 8 heteroatoms. The summed E-state index contributed by atoms with van der Waals surface area (Å²) in [5.41, 5.74) is 5.79. The highest BCUT2D eigenvalue weighted by Crippen LogP contribution is 2.26. The summed E-state index contributed by atoms with van der Waals surface area (Å²) in [5, 5.41) is 6.57. The van der Waals surface area contributed by atoms with Gasteiger partial charge in [-0.2, -0.15) is 0 Å². The Morgan fingerprint density at radius 2 is 2.14 bits per heavy atom. The zero-order chi connectivity index (χ0) is 15.6. The second kappa shape index (κ2) is 6.30. The van der Waals surface area contributed by atoms with Gasteiger partial charge in [0.05, 0.1) is 6.54 Å². The van der Waals surface area contributed by atoms with E-state index >= 15 is 0 Å². The normalized spacial score (nSPS) is 14.1. The first kappa shape index (κ1) is 15.6. The zero-order valence-corrected chi connectivity index (χ0v) is 13.3. The molecule has 1 fully saturated rings. The Morgan fingerprint density at radius 1 is 1.48 bits per heavy atom. The Bertz CT molecular complexity index is 539. The number of nitrogens with one attached hydrogen (secondary N) is 2. The second-order valence-electron chi connectivity index (χ2n) is 5.54. The Hall–Kier alpha value is -1.83. The van der Waals surface area contributed by atoms with Gasteiger partial charge in [0.2, 0.25) is 5.91 Å². The fourth-order valence-corrected chi connectivity index (χ4v) is 2.78. The molecule has 0 aromatic carbocycles. The number of amides is 2. The highest BCUT2D eigenvalue weighted by atomic mass is 32.1. The summed E-state index contributed by atoms with van der Waals surface area (Å²) < 4.78 is 0. The van der Waals surface area contributed by atoms with Crippen molar-refractivity contribution in [2.24, 2.45) is 0 Å². The topological polar surface area (TPSA) is 100 Å². The monoisotopic (exact) mass is 311 g/mol. The van der Waals surface area contributed by atoms with Gasteiger partial charge in [-0.25, -0.2) is 4.98 Å². The summed E-state index contributed by atoms with van der Waals surface area (Å²) in [7, 11) is 1.59. The molecule has 2 rings (SSSR count). The molecule has 0 spiro atoms. The highest BCUT2D eigenvalue weighted by molar-refractivity contribution is 7.18. The number of nitrogens with two attached hydrogens (primary N) is 1. The minimum absolute atomic E-state index is 0.0274. The molecule has 1 saturated carbocycles. The van der Waals surface area contributed by atoms with E-state index in [2.05, 4.69) is 15.6 Å². The Morgan fingerprint density at radius 3 is 2.71 bits per heavy atom. The van der Waals surface area contributed by atoms with E-state index in [-0.39, 0.29) is 36.3 Å². The van der Waals surface area contributed by atoms with E-state index in [1.54, 1.807) is 7.05 Å². The van der Waals surface area contributed by atoms with Crippen LogP contribution in [0.4, 0.5) is 10.9 Å². The molecule has 7 nitrogen and oxygen atoms in total. The fourth-order valence-electron chi connectivity index (χ4n) is 1.76. The molecule has 116 valence electrons. The molecular formula is C13H21N5O2S. The average Bonchev–Trinajstić information content (AvgIpc) is 3.10. The lowest BCUT2D eigenvalue weighted by Crippen LogP contribution is -2.39. The van der Waals surface area contributed by atoms with Crippen molar-refractivity contribution in [2.45, 2.75) is 38.8 Å². The number of carbonyl (C=O) groups is 2. The van der Waals surface area contributed by atoms with Crippen molar-refractivity contribution in [3.05, 3.63) is 4.88 Å².